The number of carbonyl (C=O) groups excluding carboxylic acids is 2. The Kier molecular flexibility index (Phi) is 8.72. The highest BCUT2D eigenvalue weighted by Crippen LogP contribution is 2.31. The van der Waals surface area contributed by atoms with Crippen LogP contribution in [0.1, 0.15) is 48.7 Å². The molecule has 2 aromatic carbocycles. The van der Waals surface area contributed by atoms with Crippen LogP contribution >= 0.6 is 0 Å². The fourth-order valence-electron chi connectivity index (χ4n) is 4.24. The molecule has 0 radical (unpaired) electrons. The summed E-state index contributed by atoms with van der Waals surface area (Å²) in [5.41, 5.74) is 1.55. The molecule has 2 atom stereocenters. The van der Waals surface area contributed by atoms with Gasteiger partial charge in [0.1, 0.15) is 17.5 Å². The van der Waals surface area contributed by atoms with Crippen molar-refractivity contribution in [3.8, 4) is 11.5 Å². The highest BCUT2D eigenvalue weighted by atomic mass is 16.5. The number of amides is 2. The monoisotopic (exact) mass is 453 g/mol. The van der Waals surface area contributed by atoms with E-state index in [9.17, 15) is 9.59 Å². The molecule has 2 N–H and O–H groups in total. The van der Waals surface area contributed by atoms with Crippen LogP contribution in [0, 0.1) is 5.92 Å². The van der Waals surface area contributed by atoms with Gasteiger partial charge < -0.3 is 20.1 Å². The van der Waals surface area contributed by atoms with Gasteiger partial charge in [-0.05, 0) is 62.2 Å². The van der Waals surface area contributed by atoms with E-state index in [2.05, 4.69) is 21.6 Å². The predicted octanol–water partition coefficient (Wildman–Crippen LogP) is 3.41. The lowest BCUT2D eigenvalue weighted by Crippen LogP contribution is -2.51. The quantitative estimate of drug-likeness (QED) is 0.576. The van der Waals surface area contributed by atoms with E-state index in [4.69, 9.17) is 9.47 Å². The molecule has 7 nitrogen and oxygen atoms in total. The van der Waals surface area contributed by atoms with Gasteiger partial charge >= 0.3 is 0 Å². The number of nitrogens with zero attached hydrogens (tertiary/aromatic N) is 1. The maximum absolute atomic E-state index is 13.2. The number of hydrogen-bond acceptors (Lipinski definition) is 5. The second kappa shape index (κ2) is 11.7. The Labute approximate surface area is 196 Å². The maximum atomic E-state index is 13.2. The second-order valence-corrected chi connectivity index (χ2v) is 8.67. The zero-order valence-corrected chi connectivity index (χ0v) is 20.0. The third-order valence-corrected chi connectivity index (χ3v) is 6.14. The zero-order chi connectivity index (χ0) is 23.8. The van der Waals surface area contributed by atoms with Crippen LogP contribution in [0.4, 0.5) is 0 Å². The summed E-state index contributed by atoms with van der Waals surface area (Å²) in [5, 5.41) is 5.99. The maximum Gasteiger partial charge on any atom is 0.251 e. The fraction of sp³-hybridized carbons (Fsp3) is 0.462. The third kappa shape index (κ3) is 6.26. The summed E-state index contributed by atoms with van der Waals surface area (Å²) in [6.07, 6.45) is 2.29. The molecule has 0 aliphatic carbocycles. The summed E-state index contributed by atoms with van der Waals surface area (Å²) >= 11 is 0. The first-order chi connectivity index (χ1) is 15.9. The van der Waals surface area contributed by atoms with Crippen molar-refractivity contribution < 1.29 is 19.1 Å². The van der Waals surface area contributed by atoms with Crippen molar-refractivity contribution in [2.24, 2.45) is 5.92 Å². The molecule has 0 aromatic heterocycles. The number of nitrogens with one attached hydrogen (secondary N) is 2. The Balaban J connectivity index is 1.70. The molecule has 0 spiro atoms. The second-order valence-electron chi connectivity index (χ2n) is 8.67. The van der Waals surface area contributed by atoms with Gasteiger partial charge in [0, 0.05) is 17.7 Å². The molecule has 2 amide bonds. The average Bonchev–Trinajstić information content (AvgIpc) is 3.37. The normalized spacial score (nSPS) is 15.7. The number of hydrogen-bond donors (Lipinski definition) is 2. The first-order valence-corrected chi connectivity index (χ1v) is 11.5. The Hall–Kier alpha value is -3.06. The average molecular weight is 454 g/mol. The molecule has 0 saturated carbocycles. The van der Waals surface area contributed by atoms with Crippen molar-refractivity contribution in [1.29, 1.82) is 0 Å². The first kappa shape index (κ1) is 24.6. The molecule has 1 saturated heterocycles. The van der Waals surface area contributed by atoms with Gasteiger partial charge in [0.05, 0.1) is 20.3 Å². The van der Waals surface area contributed by atoms with Crippen molar-refractivity contribution in [2.75, 3.05) is 33.9 Å². The lowest BCUT2D eigenvalue weighted by Gasteiger charge is -2.30. The van der Waals surface area contributed by atoms with Gasteiger partial charge in [-0.2, -0.15) is 0 Å². The van der Waals surface area contributed by atoms with Crippen LogP contribution in [0.2, 0.25) is 0 Å². The predicted molar refractivity (Wildman–Crippen MR) is 129 cm³/mol. The van der Waals surface area contributed by atoms with Gasteiger partial charge in [0.25, 0.3) is 5.91 Å². The van der Waals surface area contributed by atoms with Crippen LogP contribution in [0.25, 0.3) is 0 Å². The summed E-state index contributed by atoms with van der Waals surface area (Å²) in [5.74, 6) is 0.952. The molecule has 33 heavy (non-hydrogen) atoms. The Morgan fingerprint density at radius 3 is 2.24 bits per heavy atom. The third-order valence-electron chi connectivity index (χ3n) is 6.14. The van der Waals surface area contributed by atoms with Crippen molar-refractivity contribution in [1.82, 2.24) is 15.5 Å². The van der Waals surface area contributed by atoms with Gasteiger partial charge in [0.2, 0.25) is 5.91 Å². The lowest BCUT2D eigenvalue weighted by molar-refractivity contribution is -0.124. The van der Waals surface area contributed by atoms with Gasteiger partial charge in [-0.3, -0.25) is 14.5 Å². The van der Waals surface area contributed by atoms with Crippen LogP contribution in [-0.4, -0.2) is 56.6 Å². The van der Waals surface area contributed by atoms with E-state index in [1.165, 1.54) is 0 Å². The fourth-order valence-corrected chi connectivity index (χ4v) is 4.24. The Bertz CT molecular complexity index is 923. The number of carbonyl (C=O) groups is 2. The topological polar surface area (TPSA) is 79.9 Å². The van der Waals surface area contributed by atoms with E-state index in [1.807, 2.05) is 32.0 Å². The van der Waals surface area contributed by atoms with Crippen molar-refractivity contribution in [2.45, 2.75) is 38.8 Å². The molecule has 0 bridgehead atoms. The molecule has 7 heteroatoms. The number of ether oxygens (including phenoxy) is 2. The summed E-state index contributed by atoms with van der Waals surface area (Å²) in [7, 11) is 3.25. The lowest BCUT2D eigenvalue weighted by atomic mass is 10.0. The van der Waals surface area contributed by atoms with E-state index < -0.39 is 6.04 Å². The molecule has 1 fully saturated rings. The molecule has 3 rings (SSSR count). The van der Waals surface area contributed by atoms with Crippen LogP contribution in [0.15, 0.2) is 48.5 Å². The minimum atomic E-state index is -0.642. The molecule has 2 aromatic rings. The van der Waals surface area contributed by atoms with Crippen molar-refractivity contribution in [3.63, 3.8) is 0 Å². The van der Waals surface area contributed by atoms with Crippen LogP contribution in [0.5, 0.6) is 11.5 Å². The number of likely N-dealkylation sites (tertiary alicyclic amines) is 1. The van der Waals surface area contributed by atoms with E-state index >= 15 is 0 Å². The number of rotatable bonds is 10. The van der Waals surface area contributed by atoms with Crippen molar-refractivity contribution >= 4 is 11.8 Å². The summed E-state index contributed by atoms with van der Waals surface area (Å²) in [6.45, 7) is 6.27. The van der Waals surface area contributed by atoms with Crippen LogP contribution in [0.3, 0.4) is 0 Å². The van der Waals surface area contributed by atoms with E-state index in [0.717, 1.165) is 37.2 Å². The molecule has 1 aliphatic heterocycles. The molecule has 1 heterocycles. The summed E-state index contributed by atoms with van der Waals surface area (Å²) < 4.78 is 10.7. The van der Waals surface area contributed by atoms with Crippen molar-refractivity contribution in [3.05, 3.63) is 59.7 Å². The standard InChI is InChI=1S/C26H35N3O4/c1-18(2)24(28-25(30)19-11-13-20(32-3)14-12-19)26(31)27-17-22(29-15-7-8-16-29)21-9-5-6-10-23(21)33-4/h5-6,9-14,18,22,24H,7-8,15-17H2,1-4H3,(H,27,31)(H,28,30)/t22-,24-/m0/s1. The molecule has 1 aliphatic rings. The minimum absolute atomic E-state index is 0.0118. The smallest absolute Gasteiger partial charge is 0.251 e. The number of para-hydroxylation sites is 1. The molecular weight excluding hydrogens is 418 g/mol. The number of methoxy groups -OCH3 is 2. The Morgan fingerprint density at radius 1 is 0.970 bits per heavy atom. The molecular formula is C26H35N3O4. The summed E-state index contributed by atoms with van der Waals surface area (Å²) in [4.78, 5) is 28.3. The van der Waals surface area contributed by atoms with Gasteiger partial charge in [-0.25, -0.2) is 0 Å². The minimum Gasteiger partial charge on any atom is -0.497 e. The molecule has 178 valence electrons. The summed E-state index contributed by atoms with van der Waals surface area (Å²) in [6, 6.07) is 14.2. The molecule has 0 unspecified atom stereocenters. The van der Waals surface area contributed by atoms with E-state index in [1.54, 1.807) is 38.5 Å². The first-order valence-electron chi connectivity index (χ1n) is 11.5. The highest BCUT2D eigenvalue weighted by Gasteiger charge is 2.29. The largest absolute Gasteiger partial charge is 0.497 e. The van der Waals surface area contributed by atoms with Gasteiger partial charge in [-0.1, -0.05) is 32.0 Å². The van der Waals surface area contributed by atoms with E-state index in [-0.39, 0.29) is 23.8 Å². The van der Waals surface area contributed by atoms with E-state index in [0.29, 0.717) is 17.9 Å². The SMILES string of the molecule is COc1ccc(C(=O)N[C@H](C(=O)NC[C@@H](c2ccccc2OC)N2CCCC2)C(C)C)cc1. The highest BCUT2D eigenvalue weighted by molar-refractivity contribution is 5.97. The Morgan fingerprint density at radius 2 is 1.64 bits per heavy atom. The van der Waals surface area contributed by atoms with Gasteiger partial charge in [-0.15, -0.1) is 0 Å². The number of benzene rings is 2. The van der Waals surface area contributed by atoms with Crippen LogP contribution < -0.4 is 20.1 Å². The zero-order valence-electron chi connectivity index (χ0n) is 20.0. The van der Waals surface area contributed by atoms with Crippen LogP contribution in [-0.2, 0) is 4.79 Å². The van der Waals surface area contributed by atoms with Gasteiger partial charge in [0.15, 0.2) is 0 Å².